The molecule has 2 nitrogen and oxygen atoms in total. The van der Waals surface area contributed by atoms with Gasteiger partial charge < -0.3 is 10.1 Å². The summed E-state index contributed by atoms with van der Waals surface area (Å²) in [7, 11) is 1.70. The highest BCUT2D eigenvalue weighted by molar-refractivity contribution is 5.31. The Labute approximate surface area is 95.8 Å². The topological polar surface area (TPSA) is 21.3 Å². The van der Waals surface area contributed by atoms with E-state index in [0.29, 0.717) is 0 Å². The SMILES string of the molecule is COCCCC1(c2ccccc2F)CNC1. The number of halogens is 1. The molecular weight excluding hydrogens is 205 g/mol. The summed E-state index contributed by atoms with van der Waals surface area (Å²) in [4.78, 5) is 0. The van der Waals surface area contributed by atoms with Crippen molar-refractivity contribution in [2.45, 2.75) is 18.3 Å². The van der Waals surface area contributed by atoms with E-state index < -0.39 is 0 Å². The normalized spacial score (nSPS) is 18.1. The summed E-state index contributed by atoms with van der Waals surface area (Å²) in [6, 6.07) is 7.11. The van der Waals surface area contributed by atoms with Crippen LogP contribution in [0.3, 0.4) is 0 Å². The second-order valence-corrected chi connectivity index (χ2v) is 4.46. The average Bonchev–Trinajstić information content (AvgIpc) is 2.24. The summed E-state index contributed by atoms with van der Waals surface area (Å²) in [6.45, 7) is 2.49. The van der Waals surface area contributed by atoms with Crippen molar-refractivity contribution in [1.29, 1.82) is 0 Å². The second kappa shape index (κ2) is 4.93. The summed E-state index contributed by atoms with van der Waals surface area (Å²) in [5.74, 6) is -0.0820. The Kier molecular flexibility index (Phi) is 3.56. The zero-order valence-corrected chi connectivity index (χ0v) is 9.63. The third-order valence-corrected chi connectivity index (χ3v) is 3.38. The molecule has 1 fully saturated rings. The molecule has 3 heteroatoms. The van der Waals surface area contributed by atoms with E-state index in [-0.39, 0.29) is 11.2 Å². The minimum absolute atomic E-state index is 0.0100. The Bertz CT molecular complexity index is 350. The molecule has 0 spiro atoms. The molecule has 1 aliphatic rings. The summed E-state index contributed by atoms with van der Waals surface area (Å²) < 4.78 is 18.8. The molecule has 88 valence electrons. The van der Waals surface area contributed by atoms with Crippen LogP contribution in [0.5, 0.6) is 0 Å². The van der Waals surface area contributed by atoms with Gasteiger partial charge in [-0.05, 0) is 24.5 Å². The fourth-order valence-electron chi connectivity index (χ4n) is 2.37. The standard InChI is InChI=1S/C13H18FNO/c1-16-8-4-7-13(9-15-10-13)11-5-2-3-6-12(11)14/h2-3,5-6,15H,4,7-10H2,1H3. The molecule has 0 aliphatic carbocycles. The lowest BCUT2D eigenvalue weighted by molar-refractivity contribution is 0.166. The van der Waals surface area contributed by atoms with Crippen LogP contribution in [-0.2, 0) is 10.2 Å². The second-order valence-electron chi connectivity index (χ2n) is 4.46. The first-order valence-corrected chi connectivity index (χ1v) is 5.73. The molecule has 2 rings (SSSR count). The molecular formula is C13H18FNO. The zero-order valence-electron chi connectivity index (χ0n) is 9.63. The van der Waals surface area contributed by atoms with Gasteiger partial charge >= 0.3 is 0 Å². The van der Waals surface area contributed by atoms with Crippen LogP contribution in [-0.4, -0.2) is 26.8 Å². The van der Waals surface area contributed by atoms with Gasteiger partial charge in [0.25, 0.3) is 0 Å². The number of hydrogen-bond acceptors (Lipinski definition) is 2. The van der Waals surface area contributed by atoms with E-state index in [1.807, 2.05) is 12.1 Å². The predicted molar refractivity (Wildman–Crippen MR) is 62.1 cm³/mol. The number of rotatable bonds is 5. The lowest BCUT2D eigenvalue weighted by atomic mass is 9.72. The zero-order chi connectivity index (χ0) is 11.4. The van der Waals surface area contributed by atoms with Crippen LogP contribution in [0.4, 0.5) is 4.39 Å². The highest BCUT2D eigenvalue weighted by atomic mass is 19.1. The van der Waals surface area contributed by atoms with Gasteiger partial charge in [0.05, 0.1) is 0 Å². The first-order valence-electron chi connectivity index (χ1n) is 5.73. The first kappa shape index (κ1) is 11.6. The highest BCUT2D eigenvalue weighted by Crippen LogP contribution is 2.34. The fraction of sp³-hybridized carbons (Fsp3) is 0.538. The lowest BCUT2D eigenvalue weighted by Crippen LogP contribution is -2.57. The van der Waals surface area contributed by atoms with Gasteiger partial charge in [-0.25, -0.2) is 4.39 Å². The number of methoxy groups -OCH3 is 1. The molecule has 0 atom stereocenters. The van der Waals surface area contributed by atoms with E-state index in [4.69, 9.17) is 4.74 Å². The van der Waals surface area contributed by atoms with Crippen LogP contribution < -0.4 is 5.32 Å². The lowest BCUT2D eigenvalue weighted by Gasteiger charge is -2.43. The molecule has 0 saturated carbocycles. The van der Waals surface area contributed by atoms with Crippen molar-refractivity contribution in [3.63, 3.8) is 0 Å². The van der Waals surface area contributed by atoms with Gasteiger partial charge in [0.15, 0.2) is 0 Å². The Morgan fingerprint density at radius 3 is 2.69 bits per heavy atom. The summed E-state index contributed by atoms with van der Waals surface area (Å²) >= 11 is 0. The minimum atomic E-state index is -0.0820. The van der Waals surface area contributed by atoms with E-state index >= 15 is 0 Å². The summed E-state index contributed by atoms with van der Waals surface area (Å²) in [5.41, 5.74) is 0.842. The largest absolute Gasteiger partial charge is 0.385 e. The molecule has 0 unspecified atom stereocenters. The molecule has 1 saturated heterocycles. The molecule has 0 bridgehead atoms. The van der Waals surface area contributed by atoms with Crippen molar-refractivity contribution < 1.29 is 9.13 Å². The van der Waals surface area contributed by atoms with Crippen molar-refractivity contribution in [2.75, 3.05) is 26.8 Å². The maximum atomic E-state index is 13.8. The number of benzene rings is 1. The molecule has 0 radical (unpaired) electrons. The molecule has 1 aromatic carbocycles. The molecule has 1 heterocycles. The van der Waals surface area contributed by atoms with Gasteiger partial charge in [-0.1, -0.05) is 18.2 Å². The molecule has 1 aliphatic heterocycles. The van der Waals surface area contributed by atoms with E-state index in [1.165, 1.54) is 0 Å². The monoisotopic (exact) mass is 223 g/mol. The number of hydrogen-bond donors (Lipinski definition) is 1. The Balaban J connectivity index is 2.12. The Morgan fingerprint density at radius 1 is 1.38 bits per heavy atom. The van der Waals surface area contributed by atoms with Crippen molar-refractivity contribution in [3.8, 4) is 0 Å². The smallest absolute Gasteiger partial charge is 0.127 e. The maximum Gasteiger partial charge on any atom is 0.127 e. The van der Waals surface area contributed by atoms with E-state index in [2.05, 4.69) is 5.32 Å². The van der Waals surface area contributed by atoms with Crippen LogP contribution in [0.1, 0.15) is 18.4 Å². The van der Waals surface area contributed by atoms with Gasteiger partial charge in [-0.15, -0.1) is 0 Å². The Morgan fingerprint density at radius 2 is 2.12 bits per heavy atom. The average molecular weight is 223 g/mol. The van der Waals surface area contributed by atoms with E-state index in [0.717, 1.165) is 38.1 Å². The molecule has 1 aromatic rings. The van der Waals surface area contributed by atoms with E-state index in [1.54, 1.807) is 19.2 Å². The fourth-order valence-corrected chi connectivity index (χ4v) is 2.37. The van der Waals surface area contributed by atoms with E-state index in [9.17, 15) is 4.39 Å². The molecule has 1 N–H and O–H groups in total. The van der Waals surface area contributed by atoms with Crippen LogP contribution in [0, 0.1) is 5.82 Å². The van der Waals surface area contributed by atoms with Crippen LogP contribution in [0.2, 0.25) is 0 Å². The van der Waals surface area contributed by atoms with Gasteiger partial charge in [-0.2, -0.15) is 0 Å². The minimum Gasteiger partial charge on any atom is -0.385 e. The van der Waals surface area contributed by atoms with Crippen LogP contribution in [0.15, 0.2) is 24.3 Å². The summed E-state index contributed by atoms with van der Waals surface area (Å²) in [6.07, 6.45) is 1.96. The van der Waals surface area contributed by atoms with Gasteiger partial charge in [0.1, 0.15) is 5.82 Å². The van der Waals surface area contributed by atoms with Crippen LogP contribution in [0.25, 0.3) is 0 Å². The molecule has 16 heavy (non-hydrogen) atoms. The van der Waals surface area contributed by atoms with Crippen molar-refractivity contribution in [1.82, 2.24) is 5.32 Å². The molecule has 0 aromatic heterocycles. The maximum absolute atomic E-state index is 13.8. The Hall–Kier alpha value is -0.930. The highest BCUT2D eigenvalue weighted by Gasteiger charge is 2.39. The quantitative estimate of drug-likeness (QED) is 0.772. The van der Waals surface area contributed by atoms with Gasteiger partial charge in [-0.3, -0.25) is 0 Å². The molecule has 0 amide bonds. The predicted octanol–water partition coefficient (Wildman–Crippen LogP) is 2.09. The third-order valence-electron chi connectivity index (χ3n) is 3.38. The van der Waals surface area contributed by atoms with Gasteiger partial charge in [0, 0.05) is 32.2 Å². The van der Waals surface area contributed by atoms with Crippen LogP contribution >= 0.6 is 0 Å². The van der Waals surface area contributed by atoms with Crippen molar-refractivity contribution in [2.24, 2.45) is 0 Å². The summed E-state index contributed by atoms with van der Waals surface area (Å²) in [5, 5.41) is 3.25. The van der Waals surface area contributed by atoms with Crippen molar-refractivity contribution in [3.05, 3.63) is 35.6 Å². The van der Waals surface area contributed by atoms with Crippen molar-refractivity contribution >= 4 is 0 Å². The third kappa shape index (κ3) is 2.11. The van der Waals surface area contributed by atoms with Gasteiger partial charge in [0.2, 0.25) is 0 Å². The number of ether oxygens (including phenoxy) is 1. The number of nitrogens with one attached hydrogen (secondary N) is 1. The first-order chi connectivity index (χ1) is 7.78.